The molecule has 0 spiro atoms. The summed E-state index contributed by atoms with van der Waals surface area (Å²) in [5, 5.41) is 0. The molecule has 2 rings (SSSR count). The minimum atomic E-state index is -2.93. The van der Waals surface area contributed by atoms with Crippen LogP contribution in [0, 0.1) is 5.92 Å². The smallest absolute Gasteiger partial charge is 0.212 e. The van der Waals surface area contributed by atoms with E-state index in [0.29, 0.717) is 29.6 Å². The fourth-order valence-corrected chi connectivity index (χ4v) is 4.11. The van der Waals surface area contributed by atoms with Gasteiger partial charge in [-0.05, 0) is 31.6 Å². The second-order valence-electron chi connectivity index (χ2n) is 4.30. The van der Waals surface area contributed by atoms with Crippen LogP contribution in [0.5, 0.6) is 0 Å². The molecule has 0 N–H and O–H groups in total. The van der Waals surface area contributed by atoms with Gasteiger partial charge in [0, 0.05) is 17.9 Å². The topological polar surface area (TPSA) is 37.4 Å². The molecule has 3 nitrogen and oxygen atoms in total. The summed E-state index contributed by atoms with van der Waals surface area (Å²) >= 11 is 3.52. The van der Waals surface area contributed by atoms with Crippen LogP contribution in [0.2, 0.25) is 0 Å². The molecule has 82 valence electrons. The number of hydrogen-bond donors (Lipinski definition) is 0. The van der Waals surface area contributed by atoms with Gasteiger partial charge in [-0.1, -0.05) is 15.9 Å². The third-order valence-corrected chi connectivity index (χ3v) is 5.88. The van der Waals surface area contributed by atoms with Gasteiger partial charge in [0.2, 0.25) is 10.0 Å². The van der Waals surface area contributed by atoms with Gasteiger partial charge in [-0.2, -0.15) is 0 Å². The van der Waals surface area contributed by atoms with E-state index in [1.54, 1.807) is 4.31 Å². The van der Waals surface area contributed by atoms with E-state index in [1.165, 1.54) is 0 Å². The van der Waals surface area contributed by atoms with Gasteiger partial charge < -0.3 is 0 Å². The molecule has 2 fully saturated rings. The SMILES string of the molecule is O=S(=O)(CC1CC1)N1CCC(Br)CC1. The summed E-state index contributed by atoms with van der Waals surface area (Å²) in [6, 6.07) is 0. The van der Waals surface area contributed by atoms with Crippen LogP contribution in [0.4, 0.5) is 0 Å². The van der Waals surface area contributed by atoms with Crippen LogP contribution in [0.25, 0.3) is 0 Å². The molecule has 1 saturated heterocycles. The Morgan fingerprint density at radius 1 is 1.14 bits per heavy atom. The normalized spacial score (nSPS) is 26.6. The zero-order chi connectivity index (χ0) is 10.2. The number of sulfonamides is 1. The van der Waals surface area contributed by atoms with Gasteiger partial charge in [0.05, 0.1) is 5.75 Å². The van der Waals surface area contributed by atoms with Gasteiger partial charge in [-0.3, -0.25) is 0 Å². The van der Waals surface area contributed by atoms with Gasteiger partial charge in [0.1, 0.15) is 0 Å². The van der Waals surface area contributed by atoms with E-state index in [2.05, 4.69) is 15.9 Å². The average molecular weight is 282 g/mol. The maximum absolute atomic E-state index is 11.9. The first-order chi connectivity index (χ1) is 6.58. The molecule has 1 aliphatic heterocycles. The Balaban J connectivity index is 1.92. The van der Waals surface area contributed by atoms with Gasteiger partial charge in [0.15, 0.2) is 0 Å². The highest BCUT2D eigenvalue weighted by molar-refractivity contribution is 9.09. The lowest BCUT2D eigenvalue weighted by molar-refractivity contribution is 0.354. The van der Waals surface area contributed by atoms with E-state index in [9.17, 15) is 8.42 Å². The summed E-state index contributed by atoms with van der Waals surface area (Å²) in [5.41, 5.74) is 0. The van der Waals surface area contributed by atoms with Gasteiger partial charge >= 0.3 is 0 Å². The Kier molecular flexibility index (Phi) is 3.19. The molecule has 5 heteroatoms. The molecule has 1 heterocycles. The highest BCUT2D eigenvalue weighted by atomic mass is 79.9. The Morgan fingerprint density at radius 3 is 2.21 bits per heavy atom. The molecule has 14 heavy (non-hydrogen) atoms. The van der Waals surface area contributed by atoms with Crippen molar-refractivity contribution in [1.82, 2.24) is 4.31 Å². The zero-order valence-electron chi connectivity index (χ0n) is 8.15. The summed E-state index contributed by atoms with van der Waals surface area (Å²) in [4.78, 5) is 0.509. The highest BCUT2D eigenvalue weighted by Gasteiger charge is 2.33. The lowest BCUT2D eigenvalue weighted by Gasteiger charge is -2.28. The van der Waals surface area contributed by atoms with Crippen molar-refractivity contribution in [2.45, 2.75) is 30.5 Å². The van der Waals surface area contributed by atoms with Crippen molar-refractivity contribution < 1.29 is 8.42 Å². The predicted molar refractivity (Wildman–Crippen MR) is 60.0 cm³/mol. The first-order valence-corrected chi connectivity index (χ1v) is 7.72. The summed E-state index contributed by atoms with van der Waals surface area (Å²) in [6.07, 6.45) is 4.11. The Labute approximate surface area is 94.0 Å². The molecule has 2 aliphatic rings. The largest absolute Gasteiger partial charge is 0.214 e. The summed E-state index contributed by atoms with van der Waals surface area (Å²) in [6.45, 7) is 1.40. The fourth-order valence-electron chi connectivity index (χ4n) is 1.79. The molecule has 0 bridgehead atoms. The number of hydrogen-bond acceptors (Lipinski definition) is 2. The predicted octanol–water partition coefficient (Wildman–Crippen LogP) is 1.59. The third-order valence-electron chi connectivity index (χ3n) is 2.92. The first kappa shape index (κ1) is 10.9. The molecule has 0 aromatic carbocycles. The molecule has 0 radical (unpaired) electrons. The lowest BCUT2D eigenvalue weighted by Crippen LogP contribution is -2.40. The quantitative estimate of drug-likeness (QED) is 0.737. The van der Waals surface area contributed by atoms with Crippen molar-refractivity contribution in [1.29, 1.82) is 0 Å². The van der Waals surface area contributed by atoms with Crippen molar-refractivity contribution in [2.75, 3.05) is 18.8 Å². The molecular weight excluding hydrogens is 266 g/mol. The van der Waals surface area contributed by atoms with Crippen LogP contribution >= 0.6 is 15.9 Å². The standard InChI is InChI=1S/C9H16BrNO2S/c10-9-3-5-11(6-4-9)14(12,13)7-8-1-2-8/h8-9H,1-7H2. The van der Waals surface area contributed by atoms with Crippen molar-refractivity contribution in [3.63, 3.8) is 0 Å². The van der Waals surface area contributed by atoms with Gasteiger partial charge in [0.25, 0.3) is 0 Å². The van der Waals surface area contributed by atoms with Crippen LogP contribution in [-0.4, -0.2) is 36.4 Å². The van der Waals surface area contributed by atoms with E-state index in [1.807, 2.05) is 0 Å². The van der Waals surface area contributed by atoms with E-state index in [4.69, 9.17) is 0 Å². The Morgan fingerprint density at radius 2 is 1.71 bits per heavy atom. The lowest BCUT2D eigenvalue weighted by atomic mass is 10.2. The van der Waals surface area contributed by atoms with E-state index < -0.39 is 10.0 Å². The third kappa shape index (κ3) is 2.70. The van der Waals surface area contributed by atoms with Crippen LogP contribution in [0.3, 0.4) is 0 Å². The average Bonchev–Trinajstić information content (AvgIpc) is 2.88. The van der Waals surface area contributed by atoms with Crippen molar-refractivity contribution in [3.05, 3.63) is 0 Å². The summed E-state index contributed by atoms with van der Waals surface area (Å²) < 4.78 is 25.4. The van der Waals surface area contributed by atoms with Gasteiger partial charge in [-0.15, -0.1) is 0 Å². The number of alkyl halides is 1. The fraction of sp³-hybridized carbons (Fsp3) is 1.00. The molecule has 0 aromatic heterocycles. The molecular formula is C9H16BrNO2S. The molecule has 1 aliphatic carbocycles. The van der Waals surface area contributed by atoms with E-state index in [-0.39, 0.29) is 0 Å². The van der Waals surface area contributed by atoms with Crippen molar-refractivity contribution >= 4 is 26.0 Å². The maximum atomic E-state index is 11.9. The van der Waals surface area contributed by atoms with E-state index >= 15 is 0 Å². The Hall–Kier alpha value is 0.390. The molecule has 0 amide bonds. The number of piperidine rings is 1. The molecule has 0 unspecified atom stereocenters. The number of rotatable bonds is 3. The zero-order valence-corrected chi connectivity index (χ0v) is 10.6. The van der Waals surface area contributed by atoms with Crippen molar-refractivity contribution in [2.24, 2.45) is 5.92 Å². The minimum absolute atomic E-state index is 0.389. The second-order valence-corrected chi connectivity index (χ2v) is 7.60. The molecule has 0 aromatic rings. The summed E-state index contributed by atoms with van der Waals surface area (Å²) in [5.74, 6) is 0.849. The molecule has 1 saturated carbocycles. The van der Waals surface area contributed by atoms with E-state index in [0.717, 1.165) is 25.7 Å². The highest BCUT2D eigenvalue weighted by Crippen LogP contribution is 2.32. The van der Waals surface area contributed by atoms with Crippen LogP contribution < -0.4 is 0 Å². The first-order valence-electron chi connectivity index (χ1n) is 5.20. The molecule has 0 atom stereocenters. The Bertz CT molecular complexity index is 292. The second kappa shape index (κ2) is 4.10. The van der Waals surface area contributed by atoms with Gasteiger partial charge in [-0.25, -0.2) is 12.7 Å². The number of nitrogens with zero attached hydrogens (tertiary/aromatic N) is 1. The number of halogens is 1. The monoisotopic (exact) mass is 281 g/mol. The van der Waals surface area contributed by atoms with Crippen LogP contribution in [-0.2, 0) is 10.0 Å². The maximum Gasteiger partial charge on any atom is 0.214 e. The van der Waals surface area contributed by atoms with Crippen LogP contribution in [0.15, 0.2) is 0 Å². The van der Waals surface area contributed by atoms with Crippen molar-refractivity contribution in [3.8, 4) is 0 Å². The minimum Gasteiger partial charge on any atom is -0.212 e. The summed E-state index contributed by atoms with van der Waals surface area (Å²) in [7, 11) is -2.93. The van der Waals surface area contributed by atoms with Crippen LogP contribution in [0.1, 0.15) is 25.7 Å².